The Balaban J connectivity index is 1.58. The minimum Gasteiger partial charge on any atom is -0.459 e. The number of nitrogens with zero attached hydrogens (tertiary/aromatic N) is 1. The lowest BCUT2D eigenvalue weighted by atomic mass is 10.2. The average Bonchev–Trinajstić information content (AvgIpc) is 3.02. The number of rotatable bonds is 6. The van der Waals surface area contributed by atoms with Crippen LogP contribution in [-0.4, -0.2) is 33.7 Å². The number of aromatic amines is 1. The summed E-state index contributed by atoms with van der Waals surface area (Å²) in [6.45, 7) is 3.58. The number of thioether (sulfide) groups is 1. The first-order valence-electron chi connectivity index (χ1n) is 8.20. The van der Waals surface area contributed by atoms with E-state index in [9.17, 15) is 9.59 Å². The van der Waals surface area contributed by atoms with E-state index in [4.69, 9.17) is 4.74 Å². The van der Waals surface area contributed by atoms with Crippen LogP contribution in [0.1, 0.15) is 24.2 Å². The number of benzene rings is 2. The molecule has 7 heteroatoms. The van der Waals surface area contributed by atoms with Crippen LogP contribution in [0.4, 0.5) is 5.69 Å². The van der Waals surface area contributed by atoms with Crippen LogP contribution in [0.3, 0.4) is 0 Å². The highest BCUT2D eigenvalue weighted by Gasteiger charge is 2.11. The molecule has 1 aromatic heterocycles. The number of anilines is 1. The van der Waals surface area contributed by atoms with Crippen LogP contribution in [0.2, 0.25) is 0 Å². The number of aromatic nitrogens is 2. The molecule has 1 heterocycles. The van der Waals surface area contributed by atoms with Gasteiger partial charge in [-0.2, -0.15) is 0 Å². The van der Waals surface area contributed by atoms with Gasteiger partial charge in [0, 0.05) is 5.69 Å². The number of fused-ring (bicyclic) bond motifs is 1. The second-order valence-electron chi connectivity index (χ2n) is 5.93. The Bertz CT molecular complexity index is 903. The molecule has 0 aliphatic heterocycles. The number of hydrogen-bond acceptors (Lipinski definition) is 5. The molecule has 0 radical (unpaired) electrons. The van der Waals surface area contributed by atoms with Gasteiger partial charge in [-0.05, 0) is 44.2 Å². The summed E-state index contributed by atoms with van der Waals surface area (Å²) >= 11 is 1.32. The van der Waals surface area contributed by atoms with Gasteiger partial charge in [0.2, 0.25) is 5.91 Å². The van der Waals surface area contributed by atoms with Crippen LogP contribution < -0.4 is 5.32 Å². The lowest BCUT2D eigenvalue weighted by molar-refractivity contribution is -0.113. The fourth-order valence-corrected chi connectivity index (χ4v) is 3.02. The van der Waals surface area contributed by atoms with Crippen molar-refractivity contribution in [3.63, 3.8) is 0 Å². The fraction of sp³-hybridized carbons (Fsp3) is 0.211. The van der Waals surface area contributed by atoms with E-state index in [1.807, 2.05) is 24.3 Å². The number of H-pyrrole nitrogens is 1. The molecule has 0 spiro atoms. The quantitative estimate of drug-likeness (QED) is 0.509. The van der Waals surface area contributed by atoms with Gasteiger partial charge in [0.25, 0.3) is 0 Å². The summed E-state index contributed by atoms with van der Waals surface area (Å²) in [6.07, 6.45) is -0.194. The lowest BCUT2D eigenvalue weighted by Gasteiger charge is -2.09. The summed E-state index contributed by atoms with van der Waals surface area (Å²) in [5.41, 5.74) is 2.76. The monoisotopic (exact) mass is 369 g/mol. The van der Waals surface area contributed by atoms with E-state index in [0.29, 0.717) is 16.4 Å². The van der Waals surface area contributed by atoms with Gasteiger partial charge in [-0.3, -0.25) is 4.79 Å². The van der Waals surface area contributed by atoms with E-state index in [2.05, 4.69) is 15.3 Å². The van der Waals surface area contributed by atoms with Crippen LogP contribution in [-0.2, 0) is 9.53 Å². The molecule has 2 N–H and O–H groups in total. The van der Waals surface area contributed by atoms with E-state index in [-0.39, 0.29) is 17.8 Å². The van der Waals surface area contributed by atoms with Gasteiger partial charge in [0.1, 0.15) is 0 Å². The minimum atomic E-state index is -0.409. The third-order valence-electron chi connectivity index (χ3n) is 3.43. The molecule has 134 valence electrons. The molecule has 2 aromatic carbocycles. The van der Waals surface area contributed by atoms with Crippen LogP contribution in [0.25, 0.3) is 11.0 Å². The summed E-state index contributed by atoms with van der Waals surface area (Å²) in [7, 11) is 0. The molecule has 0 aliphatic rings. The van der Waals surface area contributed by atoms with E-state index < -0.39 is 5.97 Å². The second kappa shape index (κ2) is 8.05. The molecule has 0 saturated carbocycles. The predicted molar refractivity (Wildman–Crippen MR) is 102 cm³/mol. The average molecular weight is 369 g/mol. The number of amides is 1. The maximum absolute atomic E-state index is 12.2. The zero-order chi connectivity index (χ0) is 18.5. The summed E-state index contributed by atoms with van der Waals surface area (Å²) in [5, 5.41) is 3.48. The Kier molecular flexibility index (Phi) is 5.58. The maximum Gasteiger partial charge on any atom is 0.338 e. The number of imidazole rings is 1. The molecule has 0 aliphatic carbocycles. The highest BCUT2D eigenvalue weighted by Crippen LogP contribution is 2.20. The van der Waals surface area contributed by atoms with E-state index in [0.717, 1.165) is 11.0 Å². The Labute approximate surface area is 155 Å². The molecular formula is C19H19N3O3S. The standard InChI is InChI=1S/C19H19N3O3S/c1-12(2)25-18(24)13-6-5-7-14(10-13)20-17(23)11-26-19-21-15-8-3-4-9-16(15)22-19/h3-10,12H,11H2,1-2H3,(H,20,23)(H,21,22). The number of ether oxygens (including phenoxy) is 1. The molecule has 0 saturated heterocycles. The summed E-state index contributed by atoms with van der Waals surface area (Å²) in [4.78, 5) is 31.7. The first-order chi connectivity index (χ1) is 12.5. The molecule has 1 amide bonds. The highest BCUT2D eigenvalue weighted by atomic mass is 32.2. The molecule has 3 rings (SSSR count). The molecule has 0 atom stereocenters. The van der Waals surface area contributed by atoms with Gasteiger partial charge in [0.15, 0.2) is 5.16 Å². The van der Waals surface area contributed by atoms with Crippen LogP contribution in [0, 0.1) is 0 Å². The van der Waals surface area contributed by atoms with Crippen molar-refractivity contribution in [3.05, 3.63) is 54.1 Å². The molecular weight excluding hydrogens is 350 g/mol. The normalized spacial score (nSPS) is 10.9. The van der Waals surface area contributed by atoms with Crippen molar-refractivity contribution in [2.45, 2.75) is 25.1 Å². The Hall–Kier alpha value is -2.80. The number of nitrogens with one attached hydrogen (secondary N) is 2. The number of hydrogen-bond donors (Lipinski definition) is 2. The number of esters is 1. The van der Waals surface area contributed by atoms with Crippen LogP contribution in [0.5, 0.6) is 0 Å². The Morgan fingerprint density at radius 2 is 2.00 bits per heavy atom. The van der Waals surface area contributed by atoms with Crippen LogP contribution >= 0.6 is 11.8 Å². The second-order valence-corrected chi connectivity index (χ2v) is 6.89. The molecule has 0 unspecified atom stereocenters. The number of para-hydroxylation sites is 2. The van der Waals surface area contributed by atoms with Gasteiger partial charge in [0.05, 0.1) is 28.5 Å². The fourth-order valence-electron chi connectivity index (χ4n) is 2.33. The Morgan fingerprint density at radius 3 is 2.77 bits per heavy atom. The maximum atomic E-state index is 12.2. The number of carbonyl (C=O) groups is 2. The molecule has 0 bridgehead atoms. The van der Waals surface area contributed by atoms with Crippen molar-refractivity contribution < 1.29 is 14.3 Å². The van der Waals surface area contributed by atoms with Crippen molar-refractivity contribution in [2.75, 3.05) is 11.1 Å². The van der Waals surface area contributed by atoms with Crippen molar-refractivity contribution in [3.8, 4) is 0 Å². The third kappa shape index (κ3) is 4.64. The minimum absolute atomic E-state index is 0.176. The summed E-state index contributed by atoms with van der Waals surface area (Å²) in [6, 6.07) is 14.4. The van der Waals surface area contributed by atoms with Crippen molar-refractivity contribution in [2.24, 2.45) is 0 Å². The van der Waals surface area contributed by atoms with E-state index in [1.54, 1.807) is 38.1 Å². The largest absolute Gasteiger partial charge is 0.459 e. The van der Waals surface area contributed by atoms with Gasteiger partial charge < -0.3 is 15.0 Å². The molecule has 0 fully saturated rings. The molecule has 3 aromatic rings. The Morgan fingerprint density at radius 1 is 1.19 bits per heavy atom. The van der Waals surface area contributed by atoms with Crippen molar-refractivity contribution in [1.82, 2.24) is 9.97 Å². The van der Waals surface area contributed by atoms with Gasteiger partial charge in [-0.15, -0.1) is 0 Å². The lowest BCUT2D eigenvalue weighted by Crippen LogP contribution is -2.15. The van der Waals surface area contributed by atoms with E-state index >= 15 is 0 Å². The molecule has 26 heavy (non-hydrogen) atoms. The number of carbonyl (C=O) groups excluding carboxylic acids is 2. The van der Waals surface area contributed by atoms with Crippen molar-refractivity contribution >= 4 is 40.4 Å². The first-order valence-corrected chi connectivity index (χ1v) is 9.18. The van der Waals surface area contributed by atoms with Crippen molar-refractivity contribution in [1.29, 1.82) is 0 Å². The predicted octanol–water partition coefficient (Wildman–Crippen LogP) is 3.86. The van der Waals surface area contributed by atoms with Gasteiger partial charge >= 0.3 is 5.97 Å². The zero-order valence-corrected chi connectivity index (χ0v) is 15.3. The molecule has 6 nitrogen and oxygen atoms in total. The smallest absolute Gasteiger partial charge is 0.338 e. The SMILES string of the molecule is CC(C)OC(=O)c1cccc(NC(=O)CSc2nc3ccccc3[nH]2)c1. The van der Waals surface area contributed by atoms with Gasteiger partial charge in [-0.25, -0.2) is 9.78 Å². The topological polar surface area (TPSA) is 84.1 Å². The summed E-state index contributed by atoms with van der Waals surface area (Å²) < 4.78 is 5.16. The zero-order valence-electron chi connectivity index (χ0n) is 14.5. The third-order valence-corrected chi connectivity index (χ3v) is 4.31. The first kappa shape index (κ1) is 18.0. The highest BCUT2D eigenvalue weighted by molar-refractivity contribution is 7.99. The van der Waals surface area contributed by atoms with Gasteiger partial charge in [-0.1, -0.05) is 30.0 Å². The summed E-state index contributed by atoms with van der Waals surface area (Å²) in [5.74, 6) is -0.377. The van der Waals surface area contributed by atoms with E-state index in [1.165, 1.54) is 11.8 Å². The van der Waals surface area contributed by atoms with Crippen LogP contribution in [0.15, 0.2) is 53.7 Å².